The van der Waals surface area contributed by atoms with Gasteiger partial charge in [0, 0.05) is 11.4 Å². The second-order valence-corrected chi connectivity index (χ2v) is 9.55. The normalized spacial score (nSPS) is 27.7. The van der Waals surface area contributed by atoms with E-state index in [1.54, 1.807) is 13.0 Å². The smallest absolute Gasteiger partial charge is 0.206 e. The predicted molar refractivity (Wildman–Crippen MR) is 85.5 cm³/mol. The zero-order valence-corrected chi connectivity index (χ0v) is 14.7. The number of rotatable bonds is 4. The Balaban J connectivity index is 2.22. The van der Waals surface area contributed by atoms with Gasteiger partial charge in [-0.2, -0.15) is 0 Å². The lowest BCUT2D eigenvalue weighted by molar-refractivity contribution is 0.247. The molecule has 0 aliphatic heterocycles. The molecule has 1 saturated carbocycles. The van der Waals surface area contributed by atoms with Crippen molar-refractivity contribution in [3.63, 3.8) is 0 Å². The van der Waals surface area contributed by atoms with Crippen LogP contribution in [0, 0.1) is 12.8 Å². The lowest BCUT2D eigenvalue weighted by atomic mass is 9.79. The fraction of sp³-hybridized carbons (Fsp3) is 0.692. The summed E-state index contributed by atoms with van der Waals surface area (Å²) < 4.78 is 28.6. The van der Waals surface area contributed by atoms with Crippen LogP contribution in [0.3, 0.4) is 0 Å². The van der Waals surface area contributed by atoms with Crippen molar-refractivity contribution in [3.8, 4) is 0 Å². The summed E-state index contributed by atoms with van der Waals surface area (Å²) in [6.45, 7) is 3.99. The zero-order valence-electron chi connectivity index (χ0n) is 11.6. The van der Waals surface area contributed by atoms with Crippen molar-refractivity contribution in [2.75, 3.05) is 5.88 Å². The van der Waals surface area contributed by atoms with Crippen LogP contribution in [-0.4, -0.2) is 19.8 Å². The SMILES string of the molecule is Cc1cc(S(=O)(=O)NC2(CCl)CCC(C)CC2)sc1Cl. The molecule has 1 heterocycles. The Hall–Kier alpha value is 0.190. The maximum absolute atomic E-state index is 12.5. The number of nitrogens with one attached hydrogen (secondary N) is 1. The molecule has 1 aliphatic rings. The molecule has 0 atom stereocenters. The van der Waals surface area contributed by atoms with Crippen molar-refractivity contribution in [2.24, 2.45) is 5.92 Å². The first-order valence-corrected chi connectivity index (χ1v) is 9.85. The van der Waals surface area contributed by atoms with E-state index in [1.165, 1.54) is 0 Å². The first-order valence-electron chi connectivity index (χ1n) is 6.64. The first-order chi connectivity index (χ1) is 9.28. The molecule has 2 rings (SSSR count). The Labute approximate surface area is 134 Å². The lowest BCUT2D eigenvalue weighted by Crippen LogP contribution is -2.51. The summed E-state index contributed by atoms with van der Waals surface area (Å²) >= 11 is 13.1. The molecule has 0 aromatic carbocycles. The summed E-state index contributed by atoms with van der Waals surface area (Å²) in [4.78, 5) is 0. The zero-order chi connectivity index (χ0) is 15.0. The molecule has 1 aliphatic carbocycles. The van der Waals surface area contributed by atoms with Crippen molar-refractivity contribution in [3.05, 3.63) is 16.0 Å². The summed E-state index contributed by atoms with van der Waals surface area (Å²) in [5.41, 5.74) is 0.270. The highest BCUT2D eigenvalue weighted by Crippen LogP contribution is 2.36. The lowest BCUT2D eigenvalue weighted by Gasteiger charge is -2.38. The van der Waals surface area contributed by atoms with E-state index >= 15 is 0 Å². The van der Waals surface area contributed by atoms with Crippen LogP contribution < -0.4 is 4.72 Å². The maximum atomic E-state index is 12.5. The summed E-state index contributed by atoms with van der Waals surface area (Å²) in [7, 11) is -3.55. The van der Waals surface area contributed by atoms with E-state index in [0.717, 1.165) is 42.6 Å². The van der Waals surface area contributed by atoms with Crippen LogP contribution in [-0.2, 0) is 10.0 Å². The molecule has 0 amide bonds. The highest BCUT2D eigenvalue weighted by atomic mass is 35.5. The van der Waals surface area contributed by atoms with Gasteiger partial charge in [-0.25, -0.2) is 13.1 Å². The highest BCUT2D eigenvalue weighted by molar-refractivity contribution is 7.91. The second kappa shape index (κ2) is 6.13. The molecule has 0 spiro atoms. The number of sulfonamides is 1. The number of alkyl halides is 1. The summed E-state index contributed by atoms with van der Waals surface area (Å²) in [5, 5.41) is 0. The Morgan fingerprint density at radius 2 is 2.05 bits per heavy atom. The minimum absolute atomic E-state index is 0.267. The third-order valence-corrected chi connectivity index (χ3v) is 8.06. The van der Waals surface area contributed by atoms with Crippen molar-refractivity contribution in [1.82, 2.24) is 4.72 Å². The van der Waals surface area contributed by atoms with Crippen LogP contribution in [0.15, 0.2) is 10.3 Å². The van der Waals surface area contributed by atoms with Crippen molar-refractivity contribution in [2.45, 2.75) is 49.3 Å². The largest absolute Gasteiger partial charge is 0.250 e. The van der Waals surface area contributed by atoms with E-state index < -0.39 is 15.6 Å². The average Bonchev–Trinajstić information content (AvgIpc) is 2.74. The number of thiophene rings is 1. The van der Waals surface area contributed by atoms with Crippen molar-refractivity contribution < 1.29 is 8.42 Å². The van der Waals surface area contributed by atoms with Crippen LogP contribution in [0.4, 0.5) is 0 Å². The quantitative estimate of drug-likeness (QED) is 0.823. The number of halogens is 2. The molecule has 1 aromatic rings. The van der Waals surface area contributed by atoms with Gasteiger partial charge in [0.1, 0.15) is 4.21 Å². The van der Waals surface area contributed by atoms with Gasteiger partial charge < -0.3 is 0 Å². The van der Waals surface area contributed by atoms with Crippen LogP contribution in [0.2, 0.25) is 4.34 Å². The molecule has 3 nitrogen and oxygen atoms in total. The van der Waals surface area contributed by atoms with Gasteiger partial charge in [0.2, 0.25) is 0 Å². The Kier molecular flexibility index (Phi) is 5.07. The molecule has 0 bridgehead atoms. The Morgan fingerprint density at radius 3 is 2.50 bits per heavy atom. The molecule has 0 unspecified atom stereocenters. The fourth-order valence-electron chi connectivity index (χ4n) is 2.48. The third-order valence-electron chi connectivity index (χ3n) is 3.94. The van der Waals surface area contributed by atoms with E-state index in [-0.39, 0.29) is 4.21 Å². The molecule has 1 N–H and O–H groups in total. The molecule has 0 radical (unpaired) electrons. The van der Waals surface area contributed by atoms with E-state index in [0.29, 0.717) is 16.1 Å². The van der Waals surface area contributed by atoms with Gasteiger partial charge in [0.05, 0.1) is 4.34 Å². The standard InChI is InChI=1S/C13H19Cl2NO2S2/c1-9-3-5-13(8-14,6-4-9)16-20(17,18)11-7-10(2)12(15)19-11/h7,9,16H,3-6,8H2,1-2H3. The van der Waals surface area contributed by atoms with E-state index in [9.17, 15) is 8.42 Å². The van der Waals surface area contributed by atoms with Crippen molar-refractivity contribution in [1.29, 1.82) is 0 Å². The van der Waals surface area contributed by atoms with Gasteiger partial charge in [-0.1, -0.05) is 18.5 Å². The molecule has 20 heavy (non-hydrogen) atoms. The number of aryl methyl sites for hydroxylation is 1. The molecular weight excluding hydrogens is 337 g/mol. The predicted octanol–water partition coefficient (Wildman–Crippen LogP) is 4.18. The highest BCUT2D eigenvalue weighted by Gasteiger charge is 2.38. The topological polar surface area (TPSA) is 46.2 Å². The van der Waals surface area contributed by atoms with E-state index in [1.807, 2.05) is 0 Å². The monoisotopic (exact) mass is 355 g/mol. The third kappa shape index (κ3) is 3.50. The van der Waals surface area contributed by atoms with Crippen LogP contribution in [0.5, 0.6) is 0 Å². The van der Waals surface area contributed by atoms with Crippen LogP contribution in [0.1, 0.15) is 38.2 Å². The molecule has 0 saturated heterocycles. The second-order valence-electron chi connectivity index (χ2n) is 5.72. The van der Waals surface area contributed by atoms with Gasteiger partial charge in [-0.05, 0) is 50.2 Å². The van der Waals surface area contributed by atoms with Crippen LogP contribution >= 0.6 is 34.5 Å². The molecule has 1 fully saturated rings. The van der Waals surface area contributed by atoms with Crippen molar-refractivity contribution >= 4 is 44.6 Å². The van der Waals surface area contributed by atoms with Gasteiger partial charge in [0.15, 0.2) is 0 Å². The van der Waals surface area contributed by atoms with E-state index in [4.69, 9.17) is 23.2 Å². The molecule has 7 heteroatoms. The Bertz CT molecular complexity index is 556. The van der Waals surface area contributed by atoms with Gasteiger partial charge in [-0.15, -0.1) is 22.9 Å². The van der Waals surface area contributed by atoms with Gasteiger partial charge >= 0.3 is 0 Å². The summed E-state index contributed by atoms with van der Waals surface area (Å²) in [6, 6.07) is 1.61. The number of hydrogen-bond acceptors (Lipinski definition) is 3. The van der Waals surface area contributed by atoms with E-state index in [2.05, 4.69) is 11.6 Å². The van der Waals surface area contributed by atoms with Gasteiger partial charge in [-0.3, -0.25) is 0 Å². The molecule has 114 valence electrons. The summed E-state index contributed by atoms with van der Waals surface area (Å²) in [5.74, 6) is 0.936. The average molecular weight is 356 g/mol. The fourth-order valence-corrected chi connectivity index (χ4v) is 6.06. The molecule has 1 aromatic heterocycles. The number of hydrogen-bond donors (Lipinski definition) is 1. The maximum Gasteiger partial charge on any atom is 0.250 e. The Morgan fingerprint density at radius 1 is 1.45 bits per heavy atom. The first kappa shape index (κ1) is 16.6. The summed E-state index contributed by atoms with van der Waals surface area (Å²) in [6.07, 6.45) is 3.57. The molecular formula is C13H19Cl2NO2S2. The minimum Gasteiger partial charge on any atom is -0.206 e. The minimum atomic E-state index is -3.55. The van der Waals surface area contributed by atoms with Gasteiger partial charge in [0.25, 0.3) is 10.0 Å². The van der Waals surface area contributed by atoms with Crippen LogP contribution in [0.25, 0.3) is 0 Å².